The molecule has 1 aromatic heterocycles. The van der Waals surface area contributed by atoms with Gasteiger partial charge in [-0.3, -0.25) is 19.0 Å². The number of aromatic nitrogens is 2. The summed E-state index contributed by atoms with van der Waals surface area (Å²) >= 11 is 6.43. The Hall–Kier alpha value is -4.17. The molecule has 2 heterocycles. The SMILES string of the molecule is CC(c1ccc(-n2cnc3ccccc32)cc1)N(C)C(=O)C(=O)Nc1ccc(C(=O)N2CCCCC2C)c(Cl)c1. The molecule has 5 rings (SSSR count). The van der Waals surface area contributed by atoms with Crippen LogP contribution < -0.4 is 5.32 Å². The Labute approximate surface area is 238 Å². The third-order valence-corrected chi connectivity index (χ3v) is 8.04. The van der Waals surface area contributed by atoms with Gasteiger partial charge in [-0.05, 0) is 81.1 Å². The maximum absolute atomic E-state index is 13.0. The van der Waals surface area contributed by atoms with Crippen LogP contribution in [0.4, 0.5) is 5.69 Å². The van der Waals surface area contributed by atoms with E-state index in [-0.39, 0.29) is 23.0 Å². The summed E-state index contributed by atoms with van der Waals surface area (Å²) in [4.78, 5) is 46.5. The number of piperidine rings is 1. The van der Waals surface area contributed by atoms with Crippen LogP contribution in [0.5, 0.6) is 0 Å². The van der Waals surface area contributed by atoms with Crippen LogP contribution in [-0.2, 0) is 9.59 Å². The van der Waals surface area contributed by atoms with Gasteiger partial charge < -0.3 is 15.1 Å². The Morgan fingerprint density at radius 1 is 1.05 bits per heavy atom. The number of rotatable bonds is 5. The van der Waals surface area contributed by atoms with E-state index in [1.54, 1.807) is 25.5 Å². The van der Waals surface area contributed by atoms with E-state index in [9.17, 15) is 14.4 Å². The largest absolute Gasteiger partial charge is 0.336 e. The van der Waals surface area contributed by atoms with Crippen LogP contribution in [0, 0.1) is 0 Å². The summed E-state index contributed by atoms with van der Waals surface area (Å²) in [6.07, 6.45) is 4.84. The molecule has 1 aliphatic heterocycles. The minimum absolute atomic E-state index is 0.119. The fourth-order valence-electron chi connectivity index (χ4n) is 5.14. The predicted octanol–water partition coefficient (Wildman–Crippen LogP) is 5.85. The van der Waals surface area contributed by atoms with Crippen LogP contribution in [0.25, 0.3) is 16.7 Å². The summed E-state index contributed by atoms with van der Waals surface area (Å²) in [6.45, 7) is 4.61. The number of nitrogens with one attached hydrogen (secondary N) is 1. The monoisotopic (exact) mass is 557 g/mol. The average molecular weight is 558 g/mol. The molecule has 0 saturated carbocycles. The molecule has 0 bridgehead atoms. The highest BCUT2D eigenvalue weighted by Gasteiger charge is 2.27. The first-order chi connectivity index (χ1) is 19.2. The average Bonchev–Trinajstić information content (AvgIpc) is 3.40. The van der Waals surface area contributed by atoms with E-state index >= 15 is 0 Å². The van der Waals surface area contributed by atoms with Gasteiger partial charge in [-0.1, -0.05) is 35.9 Å². The first-order valence-electron chi connectivity index (χ1n) is 13.5. The zero-order valence-corrected chi connectivity index (χ0v) is 23.6. The number of likely N-dealkylation sites (tertiary alicyclic amines) is 1. The molecular weight excluding hydrogens is 526 g/mol. The topological polar surface area (TPSA) is 87.5 Å². The van der Waals surface area contributed by atoms with Crippen LogP contribution in [-0.4, -0.2) is 56.7 Å². The molecule has 3 amide bonds. The van der Waals surface area contributed by atoms with Gasteiger partial charge in [0.2, 0.25) is 0 Å². The van der Waals surface area contributed by atoms with Gasteiger partial charge in [0.25, 0.3) is 5.91 Å². The number of hydrogen-bond acceptors (Lipinski definition) is 4. The van der Waals surface area contributed by atoms with E-state index in [4.69, 9.17) is 11.6 Å². The summed E-state index contributed by atoms with van der Waals surface area (Å²) in [6, 6.07) is 20.2. The fourth-order valence-corrected chi connectivity index (χ4v) is 5.40. The minimum Gasteiger partial charge on any atom is -0.336 e. The van der Waals surface area contributed by atoms with Crippen molar-refractivity contribution in [3.05, 3.63) is 89.2 Å². The van der Waals surface area contributed by atoms with E-state index in [0.717, 1.165) is 41.5 Å². The molecule has 206 valence electrons. The number of imidazole rings is 1. The van der Waals surface area contributed by atoms with Crippen molar-refractivity contribution in [3.63, 3.8) is 0 Å². The minimum atomic E-state index is -0.782. The first-order valence-corrected chi connectivity index (χ1v) is 13.8. The van der Waals surface area contributed by atoms with Gasteiger partial charge in [-0.2, -0.15) is 0 Å². The molecule has 4 aromatic rings. The molecule has 1 aliphatic rings. The molecule has 0 aliphatic carbocycles. The van der Waals surface area contributed by atoms with Crippen LogP contribution in [0.1, 0.15) is 55.1 Å². The molecular formula is C31H32ClN5O3. The normalized spacial score (nSPS) is 16.0. The Balaban J connectivity index is 1.23. The number of nitrogens with zero attached hydrogens (tertiary/aromatic N) is 4. The van der Waals surface area contributed by atoms with Crippen LogP contribution in [0.2, 0.25) is 5.02 Å². The van der Waals surface area contributed by atoms with Crippen molar-refractivity contribution in [2.24, 2.45) is 0 Å². The van der Waals surface area contributed by atoms with Crippen molar-refractivity contribution in [1.29, 1.82) is 0 Å². The van der Waals surface area contributed by atoms with Crippen LogP contribution in [0.15, 0.2) is 73.1 Å². The molecule has 40 heavy (non-hydrogen) atoms. The number of hydrogen-bond donors (Lipinski definition) is 1. The third kappa shape index (κ3) is 5.45. The summed E-state index contributed by atoms with van der Waals surface area (Å²) < 4.78 is 2.00. The second kappa shape index (κ2) is 11.5. The Morgan fingerprint density at radius 2 is 1.80 bits per heavy atom. The molecule has 1 N–H and O–H groups in total. The number of benzene rings is 3. The molecule has 1 saturated heterocycles. The smallest absolute Gasteiger partial charge is 0.313 e. The second-order valence-electron chi connectivity index (χ2n) is 10.3. The predicted molar refractivity (Wildman–Crippen MR) is 157 cm³/mol. The Morgan fingerprint density at radius 3 is 2.52 bits per heavy atom. The first kappa shape index (κ1) is 27.4. The molecule has 0 radical (unpaired) electrons. The van der Waals surface area contributed by atoms with Crippen molar-refractivity contribution < 1.29 is 14.4 Å². The maximum atomic E-state index is 13.0. The number of carbonyl (C=O) groups is 3. The number of fused-ring (bicyclic) bond motifs is 1. The van der Waals surface area contributed by atoms with E-state index in [1.165, 1.54) is 11.0 Å². The number of likely N-dealkylation sites (N-methyl/N-ethyl adjacent to an activating group) is 1. The molecule has 3 aromatic carbocycles. The second-order valence-corrected chi connectivity index (χ2v) is 10.7. The highest BCUT2D eigenvalue weighted by molar-refractivity contribution is 6.40. The van der Waals surface area contributed by atoms with Crippen LogP contribution in [0.3, 0.4) is 0 Å². The van der Waals surface area contributed by atoms with E-state index in [0.29, 0.717) is 17.8 Å². The number of amides is 3. The van der Waals surface area contributed by atoms with E-state index in [2.05, 4.69) is 10.3 Å². The van der Waals surface area contributed by atoms with Crippen molar-refractivity contribution >= 4 is 46.0 Å². The summed E-state index contributed by atoms with van der Waals surface area (Å²) in [5.41, 5.74) is 4.49. The summed E-state index contributed by atoms with van der Waals surface area (Å²) in [5, 5.41) is 2.86. The van der Waals surface area contributed by atoms with Gasteiger partial charge in [0.15, 0.2) is 0 Å². The molecule has 2 unspecified atom stereocenters. The summed E-state index contributed by atoms with van der Waals surface area (Å²) in [5.74, 6) is -1.58. The van der Waals surface area contributed by atoms with Crippen molar-refractivity contribution in [2.75, 3.05) is 18.9 Å². The molecule has 2 atom stereocenters. The lowest BCUT2D eigenvalue weighted by molar-refractivity contribution is -0.143. The third-order valence-electron chi connectivity index (χ3n) is 7.72. The highest BCUT2D eigenvalue weighted by Crippen LogP contribution is 2.27. The van der Waals surface area contributed by atoms with Crippen molar-refractivity contribution in [3.8, 4) is 5.69 Å². The highest BCUT2D eigenvalue weighted by atomic mass is 35.5. The lowest BCUT2D eigenvalue weighted by Crippen LogP contribution is -2.42. The number of anilines is 1. The van der Waals surface area contributed by atoms with E-state index in [1.807, 2.05) is 71.8 Å². The Kier molecular flexibility index (Phi) is 7.89. The molecule has 8 nitrogen and oxygen atoms in total. The fraction of sp³-hybridized carbons (Fsp3) is 0.290. The number of para-hydroxylation sites is 2. The Bertz CT molecular complexity index is 1570. The van der Waals surface area contributed by atoms with Gasteiger partial charge >= 0.3 is 11.8 Å². The van der Waals surface area contributed by atoms with Gasteiger partial charge in [-0.25, -0.2) is 4.98 Å². The van der Waals surface area contributed by atoms with Gasteiger partial charge in [0, 0.05) is 31.0 Å². The molecule has 1 fully saturated rings. The maximum Gasteiger partial charge on any atom is 0.313 e. The van der Waals surface area contributed by atoms with Gasteiger partial charge in [-0.15, -0.1) is 0 Å². The van der Waals surface area contributed by atoms with Crippen LogP contribution >= 0.6 is 11.6 Å². The quantitative estimate of drug-likeness (QED) is 0.312. The zero-order chi connectivity index (χ0) is 28.4. The molecule has 0 spiro atoms. The van der Waals surface area contributed by atoms with Crippen molar-refractivity contribution in [1.82, 2.24) is 19.4 Å². The summed E-state index contributed by atoms with van der Waals surface area (Å²) in [7, 11) is 1.60. The number of halogens is 1. The van der Waals surface area contributed by atoms with Gasteiger partial charge in [0.1, 0.15) is 6.33 Å². The number of carbonyl (C=O) groups excluding carboxylic acids is 3. The lowest BCUT2D eigenvalue weighted by atomic mass is 10.0. The molecule has 9 heteroatoms. The standard InChI is InChI=1S/C31H32ClN5O3/c1-20-8-6-7-17-36(20)30(39)25-16-13-23(18-26(25)32)34-29(38)31(40)35(3)21(2)22-11-14-24(15-12-22)37-19-33-27-9-4-5-10-28(27)37/h4-5,9-16,18-21H,6-8,17H2,1-3H3,(H,34,38). The zero-order valence-electron chi connectivity index (χ0n) is 22.8. The van der Waals surface area contributed by atoms with Crippen molar-refractivity contribution in [2.45, 2.75) is 45.2 Å². The lowest BCUT2D eigenvalue weighted by Gasteiger charge is -2.33. The van der Waals surface area contributed by atoms with E-state index < -0.39 is 11.8 Å². The van der Waals surface area contributed by atoms with Gasteiger partial charge in [0.05, 0.1) is 27.7 Å².